The molecule has 0 aliphatic heterocycles. The zero-order valence-electron chi connectivity index (χ0n) is 12.9. The Hall–Kier alpha value is -2.30. The third-order valence-electron chi connectivity index (χ3n) is 3.83. The Morgan fingerprint density at radius 2 is 1.76 bits per heavy atom. The van der Waals surface area contributed by atoms with Crippen molar-refractivity contribution in [3.63, 3.8) is 0 Å². The summed E-state index contributed by atoms with van der Waals surface area (Å²) in [5.74, 6) is -3.71. The van der Waals surface area contributed by atoms with Crippen LogP contribution in [0.15, 0.2) is 18.2 Å². The van der Waals surface area contributed by atoms with Crippen LogP contribution in [0.4, 0.5) is 24.5 Å². The van der Waals surface area contributed by atoms with Gasteiger partial charge in [-0.05, 0) is 31.0 Å². The van der Waals surface area contributed by atoms with Gasteiger partial charge < -0.3 is 10.4 Å². The Labute approximate surface area is 141 Å². The normalized spacial score (nSPS) is 20.5. The second-order valence-corrected chi connectivity index (χ2v) is 7.50. The van der Waals surface area contributed by atoms with Gasteiger partial charge in [-0.1, -0.05) is 0 Å². The number of hydrogen-bond donors (Lipinski definition) is 3. The van der Waals surface area contributed by atoms with Crippen LogP contribution < -0.4 is 10.0 Å². The zero-order valence-corrected chi connectivity index (χ0v) is 13.7. The van der Waals surface area contributed by atoms with Gasteiger partial charge in [0.25, 0.3) is 0 Å². The average molecular weight is 380 g/mol. The fraction of sp³-hybridized carbons (Fsp3) is 0.429. The monoisotopic (exact) mass is 380 g/mol. The van der Waals surface area contributed by atoms with E-state index in [1.54, 1.807) is 0 Å². The standard InChI is InChI=1S/C14H15F3N2O5S/c1-25(23,24)19-10-5-2-7(14(15,16)17)6-11(10)18-12(20)8-3-4-9(8)13(21)22/h2,5-6,8-9,19H,3-4H2,1H3,(H,18,20)(H,21,22). The molecule has 1 aliphatic rings. The van der Waals surface area contributed by atoms with Crippen molar-refractivity contribution in [3.8, 4) is 0 Å². The van der Waals surface area contributed by atoms with Crippen molar-refractivity contribution in [3.05, 3.63) is 23.8 Å². The van der Waals surface area contributed by atoms with Gasteiger partial charge in [0.05, 0.1) is 35.0 Å². The summed E-state index contributed by atoms with van der Waals surface area (Å²) >= 11 is 0. The second kappa shape index (κ2) is 6.54. The van der Waals surface area contributed by atoms with E-state index in [-0.39, 0.29) is 17.8 Å². The Bertz CT molecular complexity index is 807. The molecule has 0 bridgehead atoms. The lowest BCUT2D eigenvalue weighted by molar-refractivity contribution is -0.151. The largest absolute Gasteiger partial charge is 0.481 e. The number of aliphatic carboxylic acids is 1. The number of nitrogens with one attached hydrogen (secondary N) is 2. The molecule has 25 heavy (non-hydrogen) atoms. The van der Waals surface area contributed by atoms with Crippen molar-refractivity contribution < 1.29 is 36.3 Å². The number of carbonyl (C=O) groups is 2. The number of rotatable bonds is 5. The van der Waals surface area contributed by atoms with Gasteiger partial charge >= 0.3 is 12.1 Å². The predicted octanol–water partition coefficient (Wildman–Crippen LogP) is 2.13. The van der Waals surface area contributed by atoms with Crippen LogP contribution in [-0.4, -0.2) is 31.7 Å². The van der Waals surface area contributed by atoms with Crippen molar-refractivity contribution in [1.29, 1.82) is 0 Å². The van der Waals surface area contributed by atoms with E-state index in [0.29, 0.717) is 18.6 Å². The molecule has 7 nitrogen and oxygen atoms in total. The van der Waals surface area contributed by atoms with E-state index in [1.165, 1.54) is 0 Å². The third kappa shape index (κ3) is 4.62. The summed E-state index contributed by atoms with van der Waals surface area (Å²) in [6, 6.07) is 2.15. The van der Waals surface area contributed by atoms with Crippen molar-refractivity contribution >= 4 is 33.3 Å². The summed E-state index contributed by atoms with van der Waals surface area (Å²) in [6.07, 6.45) is -3.30. The number of sulfonamides is 1. The van der Waals surface area contributed by atoms with Crippen LogP contribution in [0.5, 0.6) is 0 Å². The van der Waals surface area contributed by atoms with Gasteiger partial charge in [0.1, 0.15) is 0 Å². The minimum atomic E-state index is -4.69. The third-order valence-corrected chi connectivity index (χ3v) is 4.42. The van der Waals surface area contributed by atoms with Gasteiger partial charge in [-0.25, -0.2) is 8.42 Å². The first kappa shape index (κ1) is 19.0. The molecule has 2 rings (SSSR count). The van der Waals surface area contributed by atoms with E-state index in [4.69, 9.17) is 5.11 Å². The van der Waals surface area contributed by atoms with Crippen LogP contribution in [0.2, 0.25) is 0 Å². The summed E-state index contributed by atoms with van der Waals surface area (Å²) < 4.78 is 63.2. The molecule has 0 heterocycles. The van der Waals surface area contributed by atoms with Crippen molar-refractivity contribution in [2.75, 3.05) is 16.3 Å². The highest BCUT2D eigenvalue weighted by atomic mass is 32.2. The number of benzene rings is 1. The molecule has 0 aromatic heterocycles. The van der Waals surface area contributed by atoms with Crippen LogP contribution in [-0.2, 0) is 25.8 Å². The van der Waals surface area contributed by atoms with Crippen molar-refractivity contribution in [1.82, 2.24) is 0 Å². The predicted molar refractivity (Wildman–Crippen MR) is 82.4 cm³/mol. The lowest BCUT2D eigenvalue weighted by Crippen LogP contribution is -2.41. The first-order chi connectivity index (χ1) is 11.4. The molecular weight excluding hydrogens is 365 g/mol. The number of alkyl halides is 3. The highest BCUT2D eigenvalue weighted by molar-refractivity contribution is 7.92. The number of carboxylic acids is 1. The molecule has 0 radical (unpaired) electrons. The SMILES string of the molecule is CS(=O)(=O)Nc1ccc(C(F)(F)F)cc1NC(=O)C1CCC1C(=O)O. The van der Waals surface area contributed by atoms with Crippen molar-refractivity contribution in [2.45, 2.75) is 19.0 Å². The maximum atomic E-state index is 12.8. The smallest absolute Gasteiger partial charge is 0.416 e. The lowest BCUT2D eigenvalue weighted by atomic mass is 9.73. The molecule has 2 atom stereocenters. The summed E-state index contributed by atoms with van der Waals surface area (Å²) in [5, 5.41) is 11.2. The van der Waals surface area contributed by atoms with Gasteiger partial charge in [0.2, 0.25) is 15.9 Å². The van der Waals surface area contributed by atoms with E-state index >= 15 is 0 Å². The van der Waals surface area contributed by atoms with Crippen LogP contribution in [0, 0.1) is 11.8 Å². The first-order valence-corrected chi connectivity index (χ1v) is 9.00. The topological polar surface area (TPSA) is 113 Å². The van der Waals surface area contributed by atoms with E-state index < -0.39 is 45.5 Å². The fourth-order valence-electron chi connectivity index (χ4n) is 2.45. The minimum absolute atomic E-state index is 0.241. The molecule has 1 aromatic carbocycles. The highest BCUT2D eigenvalue weighted by Crippen LogP contribution is 2.38. The van der Waals surface area contributed by atoms with E-state index in [0.717, 1.165) is 12.3 Å². The van der Waals surface area contributed by atoms with E-state index in [1.807, 2.05) is 4.72 Å². The number of amides is 1. The Morgan fingerprint density at radius 3 is 2.20 bits per heavy atom. The van der Waals surface area contributed by atoms with Crippen LogP contribution >= 0.6 is 0 Å². The maximum Gasteiger partial charge on any atom is 0.416 e. The molecule has 11 heteroatoms. The summed E-state index contributed by atoms with van der Waals surface area (Å²) in [4.78, 5) is 23.1. The van der Waals surface area contributed by atoms with Gasteiger partial charge in [0.15, 0.2) is 0 Å². The number of carbonyl (C=O) groups excluding carboxylic acids is 1. The van der Waals surface area contributed by atoms with Crippen LogP contribution in [0.3, 0.4) is 0 Å². The number of carboxylic acid groups (broad SMARTS) is 1. The second-order valence-electron chi connectivity index (χ2n) is 5.75. The molecule has 138 valence electrons. The highest BCUT2D eigenvalue weighted by Gasteiger charge is 2.41. The summed E-state index contributed by atoms with van der Waals surface area (Å²) in [5.41, 5.74) is -1.71. The fourth-order valence-corrected chi connectivity index (χ4v) is 3.03. The lowest BCUT2D eigenvalue weighted by Gasteiger charge is -2.32. The molecule has 1 fully saturated rings. The van der Waals surface area contributed by atoms with Gasteiger partial charge in [0, 0.05) is 0 Å². The molecule has 1 saturated carbocycles. The number of anilines is 2. The minimum Gasteiger partial charge on any atom is -0.481 e. The van der Waals surface area contributed by atoms with Crippen molar-refractivity contribution in [2.24, 2.45) is 11.8 Å². The molecule has 3 N–H and O–H groups in total. The number of hydrogen-bond acceptors (Lipinski definition) is 4. The first-order valence-electron chi connectivity index (χ1n) is 7.11. The van der Waals surface area contributed by atoms with E-state index in [9.17, 15) is 31.2 Å². The Balaban J connectivity index is 2.32. The average Bonchev–Trinajstić information content (AvgIpc) is 2.35. The van der Waals surface area contributed by atoms with Crippen LogP contribution in [0.1, 0.15) is 18.4 Å². The Morgan fingerprint density at radius 1 is 1.16 bits per heavy atom. The number of halogens is 3. The van der Waals surface area contributed by atoms with Gasteiger partial charge in [-0.2, -0.15) is 13.2 Å². The van der Waals surface area contributed by atoms with Crippen LogP contribution in [0.25, 0.3) is 0 Å². The molecule has 0 saturated heterocycles. The summed E-state index contributed by atoms with van der Waals surface area (Å²) in [6.45, 7) is 0. The van der Waals surface area contributed by atoms with Gasteiger partial charge in [-0.3, -0.25) is 14.3 Å². The summed E-state index contributed by atoms with van der Waals surface area (Å²) in [7, 11) is -3.80. The molecule has 1 aliphatic carbocycles. The quantitative estimate of drug-likeness (QED) is 0.724. The molecule has 1 amide bonds. The van der Waals surface area contributed by atoms with Gasteiger partial charge in [-0.15, -0.1) is 0 Å². The molecular formula is C14H15F3N2O5S. The molecule has 0 spiro atoms. The maximum absolute atomic E-state index is 12.8. The molecule has 2 unspecified atom stereocenters. The Kier molecular flexibility index (Phi) is 4.98. The van der Waals surface area contributed by atoms with E-state index in [2.05, 4.69) is 5.32 Å². The molecule has 1 aromatic rings. The zero-order chi connectivity index (χ0) is 19.0.